The van der Waals surface area contributed by atoms with Gasteiger partial charge < -0.3 is 0 Å². The molecule has 0 radical (unpaired) electrons. The van der Waals surface area contributed by atoms with E-state index in [-0.39, 0.29) is 5.92 Å². The fraction of sp³-hybridized carbons (Fsp3) is 0.800. The lowest BCUT2D eigenvalue weighted by Gasteiger charge is -2.06. The quantitative estimate of drug-likeness (QED) is 0.383. The number of nitrogens with zero attached hydrogens (tertiary/aromatic N) is 3. The molecule has 84 valence electrons. The molecule has 0 aliphatic heterocycles. The van der Waals surface area contributed by atoms with Gasteiger partial charge in [-0.05, 0) is 31.4 Å². The van der Waals surface area contributed by atoms with E-state index in [1.807, 2.05) is 6.07 Å². The third kappa shape index (κ3) is 7.03. The highest BCUT2D eigenvalue weighted by atomic mass is 35.5. The number of rotatable bonds is 7. The average Bonchev–Trinajstić information content (AvgIpc) is 2.21. The highest BCUT2D eigenvalue weighted by Gasteiger charge is 2.18. The van der Waals surface area contributed by atoms with Crippen molar-refractivity contribution in [2.75, 3.05) is 6.54 Å². The molecule has 0 N–H and O–H groups in total. The van der Waals surface area contributed by atoms with Crippen molar-refractivity contribution in [1.29, 1.82) is 5.26 Å². The van der Waals surface area contributed by atoms with Crippen LogP contribution in [0, 0.1) is 17.2 Å². The van der Waals surface area contributed by atoms with Gasteiger partial charge in [0, 0.05) is 5.92 Å². The van der Waals surface area contributed by atoms with Gasteiger partial charge in [0.05, 0.1) is 12.6 Å². The molecule has 0 aromatic carbocycles. The van der Waals surface area contributed by atoms with E-state index < -0.39 is 11.3 Å². The summed E-state index contributed by atoms with van der Waals surface area (Å²) in [6.45, 7) is 4.39. The summed E-state index contributed by atoms with van der Waals surface area (Å²) in [6.07, 6.45) is 2.32. The zero-order valence-corrected chi connectivity index (χ0v) is 9.87. The topological polar surface area (TPSA) is 65.6 Å². The smallest absolute Gasteiger partial charge is 0.248 e. The number of carbonyl (C=O) groups excluding carboxylic acids is 1. The van der Waals surface area contributed by atoms with Crippen LogP contribution in [0.15, 0.2) is 10.2 Å². The van der Waals surface area contributed by atoms with Crippen LogP contribution in [0.4, 0.5) is 0 Å². The lowest BCUT2D eigenvalue weighted by atomic mass is 10.1. The molecule has 0 aliphatic carbocycles. The van der Waals surface area contributed by atoms with Crippen LogP contribution >= 0.6 is 11.6 Å². The number of carbonyl (C=O) groups is 1. The second-order valence-corrected chi connectivity index (χ2v) is 3.79. The Bertz CT molecular complexity index is 260. The molecule has 4 nitrogen and oxygen atoms in total. The predicted octanol–water partition coefficient (Wildman–Crippen LogP) is 2.92. The lowest BCUT2D eigenvalue weighted by molar-refractivity contribution is -0.113. The number of unbranched alkanes of at least 4 members (excludes halogenated alkanes) is 1. The van der Waals surface area contributed by atoms with Crippen LogP contribution in [-0.4, -0.2) is 17.8 Å². The number of azo groups is 1. The summed E-state index contributed by atoms with van der Waals surface area (Å²) >= 11 is 5.36. The average molecular weight is 230 g/mol. The molecule has 0 aliphatic rings. The van der Waals surface area contributed by atoms with Crippen molar-refractivity contribution < 1.29 is 4.79 Å². The molecule has 0 bridgehead atoms. The molecule has 0 spiro atoms. The van der Waals surface area contributed by atoms with Crippen LogP contribution in [0.25, 0.3) is 0 Å². The molecule has 0 aromatic heterocycles. The minimum absolute atomic E-state index is 0.233. The molecule has 15 heavy (non-hydrogen) atoms. The van der Waals surface area contributed by atoms with Gasteiger partial charge >= 0.3 is 0 Å². The van der Waals surface area contributed by atoms with Crippen molar-refractivity contribution in [2.45, 2.75) is 39.2 Å². The van der Waals surface area contributed by atoms with E-state index in [4.69, 9.17) is 16.9 Å². The Hall–Kier alpha value is -0.950. The molecule has 0 saturated carbocycles. The Morgan fingerprint density at radius 3 is 2.73 bits per heavy atom. The summed E-state index contributed by atoms with van der Waals surface area (Å²) in [4.78, 5) is 11.0. The first-order chi connectivity index (χ1) is 7.11. The second-order valence-electron chi connectivity index (χ2n) is 3.42. The number of hydrogen-bond donors (Lipinski definition) is 0. The van der Waals surface area contributed by atoms with Crippen LogP contribution in [0.3, 0.4) is 0 Å². The second kappa shape index (κ2) is 8.37. The van der Waals surface area contributed by atoms with E-state index in [0.29, 0.717) is 13.0 Å². The van der Waals surface area contributed by atoms with E-state index in [1.165, 1.54) is 0 Å². The molecule has 2 unspecified atom stereocenters. The van der Waals surface area contributed by atoms with E-state index in [0.717, 1.165) is 12.8 Å². The van der Waals surface area contributed by atoms with Crippen LogP contribution in [0.2, 0.25) is 0 Å². The van der Waals surface area contributed by atoms with Crippen molar-refractivity contribution in [3.63, 3.8) is 0 Å². The monoisotopic (exact) mass is 229 g/mol. The minimum atomic E-state index is -0.668. The van der Waals surface area contributed by atoms with E-state index in [1.54, 1.807) is 6.92 Å². The van der Waals surface area contributed by atoms with Gasteiger partial charge in [0.15, 0.2) is 0 Å². The van der Waals surface area contributed by atoms with Gasteiger partial charge in [-0.3, -0.25) is 4.79 Å². The normalized spacial score (nSPS) is 14.8. The Morgan fingerprint density at radius 2 is 2.27 bits per heavy atom. The SMILES string of the molecule is CCCCN=NC(CC(C)C#N)C(=O)Cl. The van der Waals surface area contributed by atoms with Gasteiger partial charge in [-0.15, -0.1) is 0 Å². The fourth-order valence-corrected chi connectivity index (χ4v) is 1.09. The maximum Gasteiger partial charge on any atom is 0.248 e. The molecule has 0 saturated heterocycles. The Morgan fingerprint density at radius 1 is 1.60 bits per heavy atom. The molecule has 2 atom stereocenters. The molecule has 0 heterocycles. The molecule has 0 fully saturated rings. The van der Waals surface area contributed by atoms with Crippen molar-refractivity contribution in [3.8, 4) is 6.07 Å². The first-order valence-corrected chi connectivity index (χ1v) is 5.45. The maximum atomic E-state index is 11.0. The van der Waals surface area contributed by atoms with Crippen LogP contribution < -0.4 is 0 Å². The fourth-order valence-electron chi connectivity index (χ4n) is 0.958. The highest BCUT2D eigenvalue weighted by molar-refractivity contribution is 6.64. The van der Waals surface area contributed by atoms with E-state index in [2.05, 4.69) is 17.2 Å². The number of halogens is 1. The summed E-state index contributed by atoms with van der Waals surface area (Å²) in [7, 11) is 0. The Balaban J connectivity index is 4.11. The number of nitriles is 1. The predicted molar refractivity (Wildman–Crippen MR) is 58.7 cm³/mol. The van der Waals surface area contributed by atoms with Crippen molar-refractivity contribution in [1.82, 2.24) is 0 Å². The van der Waals surface area contributed by atoms with Gasteiger partial charge in [0.25, 0.3) is 0 Å². The standard InChI is InChI=1S/C10H16ClN3O/c1-3-4-5-13-14-9(10(11)15)6-8(2)7-12/h8-9H,3-6H2,1-2H3. The molecule has 0 rings (SSSR count). The molecule has 0 aromatic rings. The largest absolute Gasteiger partial charge is 0.279 e. The van der Waals surface area contributed by atoms with Crippen LogP contribution in [0.1, 0.15) is 33.1 Å². The lowest BCUT2D eigenvalue weighted by Crippen LogP contribution is -2.15. The van der Waals surface area contributed by atoms with Gasteiger partial charge in [-0.25, -0.2) is 0 Å². The summed E-state index contributed by atoms with van der Waals surface area (Å²) in [5.74, 6) is -0.233. The van der Waals surface area contributed by atoms with Crippen molar-refractivity contribution in [3.05, 3.63) is 0 Å². The van der Waals surface area contributed by atoms with E-state index in [9.17, 15) is 4.79 Å². The Kier molecular flexibility index (Phi) is 7.84. The third-order valence-corrected chi connectivity index (χ3v) is 2.14. The molecule has 5 heteroatoms. The van der Waals surface area contributed by atoms with Gasteiger partial charge in [-0.1, -0.05) is 13.3 Å². The summed E-state index contributed by atoms with van der Waals surface area (Å²) < 4.78 is 0. The molecular formula is C10H16ClN3O. The van der Waals surface area contributed by atoms with Crippen molar-refractivity contribution >= 4 is 16.8 Å². The van der Waals surface area contributed by atoms with E-state index >= 15 is 0 Å². The van der Waals surface area contributed by atoms with Crippen molar-refractivity contribution in [2.24, 2.45) is 16.1 Å². The van der Waals surface area contributed by atoms with Gasteiger partial charge in [0.2, 0.25) is 5.24 Å². The first-order valence-electron chi connectivity index (χ1n) is 5.07. The molecule has 0 amide bonds. The minimum Gasteiger partial charge on any atom is -0.279 e. The van der Waals surface area contributed by atoms with Crippen LogP contribution in [-0.2, 0) is 4.79 Å². The summed E-state index contributed by atoms with van der Waals surface area (Å²) in [5, 5.41) is 15.8. The summed E-state index contributed by atoms with van der Waals surface area (Å²) in [5.41, 5.74) is 0. The highest BCUT2D eigenvalue weighted by Crippen LogP contribution is 2.11. The van der Waals surface area contributed by atoms with Gasteiger partial charge in [0.1, 0.15) is 6.04 Å². The number of hydrogen-bond acceptors (Lipinski definition) is 4. The summed E-state index contributed by atoms with van der Waals surface area (Å²) in [6, 6.07) is 1.37. The van der Waals surface area contributed by atoms with Gasteiger partial charge in [-0.2, -0.15) is 15.5 Å². The first kappa shape index (κ1) is 14.1. The Labute approximate surface area is 95.3 Å². The van der Waals surface area contributed by atoms with Crippen LogP contribution in [0.5, 0.6) is 0 Å². The molecular weight excluding hydrogens is 214 g/mol. The third-order valence-electron chi connectivity index (χ3n) is 1.89. The zero-order valence-electron chi connectivity index (χ0n) is 9.11. The maximum absolute atomic E-state index is 11.0. The zero-order chi connectivity index (χ0) is 11.7.